The Labute approximate surface area is 145 Å². The fourth-order valence-electron chi connectivity index (χ4n) is 2.55. The average molecular weight is 327 g/mol. The molecule has 1 fully saturated rings. The van der Waals surface area contributed by atoms with Crippen molar-refractivity contribution in [3.8, 4) is 0 Å². The van der Waals surface area contributed by atoms with E-state index in [0.717, 1.165) is 19.0 Å². The lowest BCUT2D eigenvalue weighted by atomic mass is 9.85. The smallest absolute Gasteiger partial charge is 0.254 e. The number of aromatic nitrogens is 2. The molecular formula is C16H27N5O2. The molecule has 1 aromatic heterocycles. The van der Waals surface area contributed by atoms with Gasteiger partial charge in [-0.2, -0.15) is 4.98 Å². The zero-order chi connectivity index (χ0) is 21.9. The van der Waals surface area contributed by atoms with Crippen molar-refractivity contribution in [1.29, 1.82) is 0 Å². The van der Waals surface area contributed by atoms with Crippen LogP contribution in [0.1, 0.15) is 65.4 Å². The second-order valence-electron chi connectivity index (χ2n) is 6.08. The molecule has 7 nitrogen and oxygen atoms in total. The van der Waals surface area contributed by atoms with Gasteiger partial charge in [0, 0.05) is 26.0 Å². The summed E-state index contributed by atoms with van der Waals surface area (Å²) in [5.74, 6) is -0.789. The molecule has 3 unspecified atom stereocenters. The molecule has 1 aliphatic rings. The van der Waals surface area contributed by atoms with Gasteiger partial charge in [0.25, 0.3) is 5.91 Å². The van der Waals surface area contributed by atoms with E-state index in [1.165, 1.54) is 0 Å². The Bertz CT molecular complexity index is 701. The molecule has 1 aromatic rings. The minimum absolute atomic E-state index is 0.0100. The number of rotatable bonds is 4. The summed E-state index contributed by atoms with van der Waals surface area (Å²) in [4.78, 5) is 19.8. The van der Waals surface area contributed by atoms with Crippen LogP contribution in [0.4, 0.5) is 11.8 Å². The summed E-state index contributed by atoms with van der Waals surface area (Å²) in [6.07, 6.45) is 2.58. The van der Waals surface area contributed by atoms with E-state index < -0.39 is 38.2 Å². The van der Waals surface area contributed by atoms with Crippen LogP contribution >= 0.6 is 0 Å². The van der Waals surface area contributed by atoms with Gasteiger partial charge in [-0.05, 0) is 45.8 Å². The molecule has 128 valence electrons. The quantitative estimate of drug-likeness (QED) is 0.670. The molecule has 0 radical (unpaired) electrons. The Morgan fingerprint density at radius 1 is 1.48 bits per heavy atom. The molecule has 0 aromatic carbocycles. The van der Waals surface area contributed by atoms with Crippen LogP contribution in [0, 0.1) is 5.92 Å². The van der Waals surface area contributed by atoms with E-state index in [4.69, 9.17) is 14.0 Å². The number of nitrogens with two attached hydrogens (primary N) is 1. The van der Waals surface area contributed by atoms with E-state index in [1.54, 1.807) is 0 Å². The summed E-state index contributed by atoms with van der Waals surface area (Å²) in [6.45, 7) is -3.73. The van der Waals surface area contributed by atoms with E-state index in [0.29, 0.717) is 6.42 Å². The van der Waals surface area contributed by atoms with Crippen LogP contribution in [0.15, 0.2) is 6.20 Å². The third-order valence-corrected chi connectivity index (χ3v) is 3.88. The second-order valence-corrected chi connectivity index (χ2v) is 6.08. The predicted molar refractivity (Wildman–Crippen MR) is 90.4 cm³/mol. The first-order valence-electron chi connectivity index (χ1n) is 10.9. The highest BCUT2D eigenvalue weighted by Crippen LogP contribution is 2.27. The highest BCUT2D eigenvalue weighted by molar-refractivity contribution is 5.97. The molecule has 7 heteroatoms. The van der Waals surface area contributed by atoms with Gasteiger partial charge in [0.2, 0.25) is 5.95 Å². The number of hydrogen-bond acceptors (Lipinski definition) is 6. The zero-order valence-corrected chi connectivity index (χ0v) is 13.0. The molecule has 0 saturated heterocycles. The summed E-state index contributed by atoms with van der Waals surface area (Å²) in [7, 11) is 0. The van der Waals surface area contributed by atoms with Gasteiger partial charge in [-0.3, -0.25) is 4.79 Å². The SMILES string of the molecule is [2H]C([2H])C(Nc1ncc(C(N)=O)c(NC2CCC(C)C(O)C2)n1)(C([2H])[2H])C([2H])[2H]. The van der Waals surface area contributed by atoms with Crippen LogP contribution in [0.2, 0.25) is 0 Å². The van der Waals surface area contributed by atoms with Gasteiger partial charge < -0.3 is 21.5 Å². The number of hydrogen-bond donors (Lipinski definition) is 4. The molecule has 1 amide bonds. The summed E-state index contributed by atoms with van der Waals surface area (Å²) < 4.78 is 45.9. The third-order valence-electron chi connectivity index (χ3n) is 3.88. The van der Waals surface area contributed by atoms with Crippen LogP contribution < -0.4 is 16.4 Å². The molecule has 1 heterocycles. The molecule has 0 bridgehead atoms. The van der Waals surface area contributed by atoms with Gasteiger partial charge in [0.15, 0.2) is 0 Å². The molecule has 1 aliphatic carbocycles. The number of nitrogens with zero attached hydrogens (tertiary/aromatic N) is 2. The van der Waals surface area contributed by atoms with Gasteiger partial charge >= 0.3 is 0 Å². The van der Waals surface area contributed by atoms with Crippen molar-refractivity contribution in [1.82, 2.24) is 9.97 Å². The lowest BCUT2D eigenvalue weighted by molar-refractivity contribution is 0.0739. The molecule has 23 heavy (non-hydrogen) atoms. The highest BCUT2D eigenvalue weighted by atomic mass is 16.3. The van der Waals surface area contributed by atoms with Gasteiger partial charge in [0.1, 0.15) is 5.82 Å². The molecule has 5 N–H and O–H groups in total. The monoisotopic (exact) mass is 327 g/mol. The molecule has 1 saturated carbocycles. The summed E-state index contributed by atoms with van der Waals surface area (Å²) in [5.41, 5.74) is 3.18. The highest BCUT2D eigenvalue weighted by Gasteiger charge is 2.27. The minimum atomic E-state index is -2.19. The summed E-state index contributed by atoms with van der Waals surface area (Å²) in [6, 6.07) is -0.174. The maximum Gasteiger partial charge on any atom is 0.254 e. The first-order valence-corrected chi connectivity index (χ1v) is 7.42. The standard InChI is InChI=1S/C16H27N5O2/c1-9-5-6-10(7-12(9)22)19-14-11(13(17)23)8-18-15(20-14)21-16(2,3)4/h8-10,12,22H,5-7H2,1-4H3,(H2,17,23)(H2,18,19,20,21)/i2D2,3D2,4D2. The first-order chi connectivity index (χ1) is 13.5. The van der Waals surface area contributed by atoms with Crippen LogP contribution in [-0.2, 0) is 0 Å². The second kappa shape index (κ2) is 6.70. The number of anilines is 2. The Morgan fingerprint density at radius 2 is 2.22 bits per heavy atom. The molecule has 0 aliphatic heterocycles. The van der Waals surface area contributed by atoms with E-state index >= 15 is 0 Å². The Hall–Kier alpha value is -1.89. The van der Waals surface area contributed by atoms with Crippen molar-refractivity contribution >= 4 is 17.7 Å². The molecule has 3 atom stereocenters. The van der Waals surface area contributed by atoms with Crippen molar-refractivity contribution < 1.29 is 18.1 Å². The lowest BCUT2D eigenvalue weighted by Gasteiger charge is -2.32. The van der Waals surface area contributed by atoms with Crippen LogP contribution in [0.3, 0.4) is 0 Å². The van der Waals surface area contributed by atoms with Gasteiger partial charge in [0.05, 0.1) is 11.7 Å². The van der Waals surface area contributed by atoms with Gasteiger partial charge in [-0.1, -0.05) is 6.92 Å². The van der Waals surface area contributed by atoms with Gasteiger partial charge in [-0.15, -0.1) is 0 Å². The van der Waals surface area contributed by atoms with Crippen LogP contribution in [-0.4, -0.2) is 38.7 Å². The number of nitrogens with one attached hydrogen (secondary N) is 2. The van der Waals surface area contributed by atoms with Crippen LogP contribution in [0.5, 0.6) is 0 Å². The maximum atomic E-state index is 11.8. The first kappa shape index (κ1) is 10.8. The zero-order valence-electron chi connectivity index (χ0n) is 19.0. The Balaban J connectivity index is 2.35. The molecule has 2 rings (SSSR count). The van der Waals surface area contributed by atoms with Crippen molar-refractivity contribution in [2.45, 2.75) is 64.5 Å². The topological polar surface area (TPSA) is 113 Å². The Kier molecular flexibility index (Phi) is 3.15. The largest absolute Gasteiger partial charge is 0.393 e. The van der Waals surface area contributed by atoms with E-state index in [1.807, 2.05) is 6.92 Å². The normalized spacial score (nSPS) is 29.2. The number of amides is 1. The van der Waals surface area contributed by atoms with Gasteiger partial charge in [-0.25, -0.2) is 4.98 Å². The average Bonchev–Trinajstić information content (AvgIpc) is 2.61. The van der Waals surface area contributed by atoms with Crippen molar-refractivity contribution in [3.05, 3.63) is 11.8 Å². The van der Waals surface area contributed by atoms with E-state index in [-0.39, 0.29) is 29.3 Å². The molecular weight excluding hydrogens is 294 g/mol. The molecule has 0 spiro atoms. The predicted octanol–water partition coefficient (Wildman–Crippen LogP) is 1.75. The van der Waals surface area contributed by atoms with Crippen LogP contribution in [0.25, 0.3) is 0 Å². The third kappa shape index (κ3) is 4.79. The number of aliphatic hydroxyl groups excluding tert-OH is 1. The van der Waals surface area contributed by atoms with Crippen molar-refractivity contribution in [2.24, 2.45) is 11.7 Å². The fraction of sp³-hybridized carbons (Fsp3) is 0.688. The van der Waals surface area contributed by atoms with E-state index in [9.17, 15) is 9.90 Å². The Morgan fingerprint density at radius 3 is 2.83 bits per heavy atom. The fourth-order valence-corrected chi connectivity index (χ4v) is 2.55. The van der Waals surface area contributed by atoms with Crippen molar-refractivity contribution in [3.63, 3.8) is 0 Å². The minimum Gasteiger partial charge on any atom is -0.393 e. The van der Waals surface area contributed by atoms with Crippen molar-refractivity contribution in [2.75, 3.05) is 10.6 Å². The number of aliphatic hydroxyl groups is 1. The van der Waals surface area contributed by atoms with E-state index in [2.05, 4.69) is 20.6 Å². The number of carbonyl (C=O) groups is 1. The lowest BCUT2D eigenvalue weighted by Crippen LogP contribution is -2.36. The number of carbonyl (C=O) groups excluding carboxylic acids is 1. The maximum absolute atomic E-state index is 11.8. The summed E-state index contributed by atoms with van der Waals surface area (Å²) in [5, 5.41) is 15.6. The summed E-state index contributed by atoms with van der Waals surface area (Å²) >= 11 is 0. The number of primary amides is 1.